The highest BCUT2D eigenvalue weighted by atomic mass is 16.6. The first kappa shape index (κ1) is 32.0. The molecule has 232 valence electrons. The van der Waals surface area contributed by atoms with Gasteiger partial charge in [-0.3, -0.25) is 0 Å². The van der Waals surface area contributed by atoms with Crippen molar-refractivity contribution in [1.29, 1.82) is 0 Å². The number of rotatable bonds is 16. The maximum atomic E-state index is 11.6. The Bertz CT molecular complexity index is 1550. The predicted molar refractivity (Wildman–Crippen MR) is 172 cm³/mol. The van der Waals surface area contributed by atoms with E-state index in [2.05, 4.69) is 44.1 Å². The molecule has 0 saturated carbocycles. The lowest BCUT2D eigenvalue weighted by Crippen LogP contribution is -2.12. The molecule has 0 atom stereocenters. The fraction of sp³-hybridized carbons (Fsp3) is 0.182. The summed E-state index contributed by atoms with van der Waals surface area (Å²) < 4.78 is 21.6. The number of hydrogen-bond acceptors (Lipinski definition) is 12. The number of para-hydroxylation sites is 1. The Hall–Kier alpha value is -5.91. The van der Waals surface area contributed by atoms with Gasteiger partial charge in [0.2, 0.25) is 17.8 Å². The fourth-order valence-electron chi connectivity index (χ4n) is 3.61. The first-order chi connectivity index (χ1) is 21.7. The van der Waals surface area contributed by atoms with E-state index < -0.39 is 11.9 Å². The van der Waals surface area contributed by atoms with Gasteiger partial charge in [0.05, 0.1) is 0 Å². The predicted octanol–water partition coefficient (Wildman–Crippen LogP) is 6.10. The number of esters is 2. The van der Waals surface area contributed by atoms with E-state index in [0.717, 1.165) is 5.69 Å². The molecule has 45 heavy (non-hydrogen) atoms. The quantitative estimate of drug-likeness (QED) is 0.0765. The van der Waals surface area contributed by atoms with Crippen LogP contribution in [0.1, 0.15) is 13.8 Å². The summed E-state index contributed by atoms with van der Waals surface area (Å²) in [5.41, 5.74) is 2.78. The summed E-state index contributed by atoms with van der Waals surface area (Å²) >= 11 is 0. The second kappa shape index (κ2) is 16.1. The largest absolute Gasteiger partial charge is 0.490 e. The van der Waals surface area contributed by atoms with Gasteiger partial charge in [-0.1, -0.05) is 43.5 Å². The second-order valence-corrected chi connectivity index (χ2v) is 9.63. The monoisotopic (exact) mass is 610 g/mol. The Balaban J connectivity index is 1.46. The van der Waals surface area contributed by atoms with Crippen molar-refractivity contribution in [2.24, 2.45) is 0 Å². The van der Waals surface area contributed by atoms with Crippen LogP contribution in [0.3, 0.4) is 0 Å². The van der Waals surface area contributed by atoms with Gasteiger partial charge in [0.25, 0.3) is 0 Å². The summed E-state index contributed by atoms with van der Waals surface area (Å²) in [6.07, 6.45) is 0. The standard InChI is InChI=1S/C33H34N6O6/c1-22(2)29(40)44-18-16-42-27-14-8-12-25(20-27)35-32-37-31(34-24-10-6-5-7-11-24)38-33(39-32)36-26-13-9-15-28(21-26)43-17-19-45-30(41)23(3)4/h5-15,20-21H,1,3,16-19H2,2,4H3,(H3,34,35,36,37,38,39). The Morgan fingerprint density at radius 2 is 0.978 bits per heavy atom. The van der Waals surface area contributed by atoms with E-state index in [-0.39, 0.29) is 38.3 Å². The highest BCUT2D eigenvalue weighted by Gasteiger charge is 2.10. The molecule has 0 aliphatic carbocycles. The van der Waals surface area contributed by atoms with Crippen LogP contribution in [0.4, 0.5) is 34.9 Å². The van der Waals surface area contributed by atoms with E-state index in [4.69, 9.17) is 18.9 Å². The van der Waals surface area contributed by atoms with E-state index in [9.17, 15) is 9.59 Å². The molecular formula is C33H34N6O6. The van der Waals surface area contributed by atoms with E-state index >= 15 is 0 Å². The number of anilines is 6. The van der Waals surface area contributed by atoms with Crippen molar-refractivity contribution in [2.45, 2.75) is 13.8 Å². The number of hydrogen-bond donors (Lipinski definition) is 3. The van der Waals surface area contributed by atoms with Gasteiger partial charge in [-0.05, 0) is 50.2 Å². The number of aromatic nitrogens is 3. The summed E-state index contributed by atoms with van der Waals surface area (Å²) in [4.78, 5) is 36.8. The summed E-state index contributed by atoms with van der Waals surface area (Å²) in [5, 5.41) is 9.58. The molecule has 0 aliphatic rings. The molecule has 3 N–H and O–H groups in total. The summed E-state index contributed by atoms with van der Waals surface area (Å²) in [6.45, 7) is 10.8. The molecule has 0 amide bonds. The van der Waals surface area contributed by atoms with Crippen molar-refractivity contribution >= 4 is 46.8 Å². The molecule has 0 unspecified atom stereocenters. The van der Waals surface area contributed by atoms with Crippen LogP contribution in [0.5, 0.6) is 11.5 Å². The molecule has 4 aromatic rings. The van der Waals surface area contributed by atoms with Gasteiger partial charge >= 0.3 is 11.9 Å². The number of nitrogens with zero attached hydrogens (tertiary/aromatic N) is 3. The van der Waals surface area contributed by atoms with Crippen LogP contribution in [0.25, 0.3) is 0 Å². The molecule has 0 bridgehead atoms. The van der Waals surface area contributed by atoms with E-state index in [1.807, 2.05) is 54.6 Å². The number of carbonyl (C=O) groups is 2. The number of carbonyl (C=O) groups excluding carboxylic acids is 2. The van der Waals surface area contributed by atoms with Crippen LogP contribution >= 0.6 is 0 Å². The van der Waals surface area contributed by atoms with Crippen LogP contribution in [-0.2, 0) is 19.1 Å². The molecule has 1 heterocycles. The van der Waals surface area contributed by atoms with E-state index in [0.29, 0.717) is 40.0 Å². The van der Waals surface area contributed by atoms with Crippen molar-refractivity contribution < 1.29 is 28.5 Å². The molecule has 0 radical (unpaired) electrons. The van der Waals surface area contributed by atoms with Crippen LogP contribution in [-0.4, -0.2) is 53.3 Å². The SMILES string of the molecule is C=C(C)C(=O)OCCOc1cccc(Nc2nc(Nc3ccccc3)nc(Nc3cccc(OCCOC(=O)C(=C)C)c3)n2)c1. The van der Waals surface area contributed by atoms with Crippen molar-refractivity contribution in [3.8, 4) is 11.5 Å². The lowest BCUT2D eigenvalue weighted by molar-refractivity contribution is -0.140. The average Bonchev–Trinajstić information content (AvgIpc) is 3.02. The minimum atomic E-state index is -0.464. The van der Waals surface area contributed by atoms with Crippen LogP contribution in [0.15, 0.2) is 103 Å². The molecule has 12 heteroatoms. The topological polar surface area (TPSA) is 146 Å². The minimum Gasteiger partial charge on any atom is -0.490 e. The maximum absolute atomic E-state index is 11.6. The van der Waals surface area contributed by atoms with Gasteiger partial charge in [-0.2, -0.15) is 15.0 Å². The summed E-state index contributed by atoms with van der Waals surface area (Å²) in [5.74, 6) is 1.04. The Morgan fingerprint density at radius 3 is 1.40 bits per heavy atom. The molecule has 4 rings (SSSR count). The maximum Gasteiger partial charge on any atom is 0.333 e. The average molecular weight is 611 g/mol. The Labute approximate surface area is 261 Å². The molecule has 0 fully saturated rings. The molecule has 0 aliphatic heterocycles. The number of benzene rings is 3. The van der Waals surface area contributed by atoms with E-state index in [1.165, 1.54) is 0 Å². The highest BCUT2D eigenvalue weighted by Crippen LogP contribution is 2.24. The van der Waals surface area contributed by atoms with Crippen molar-refractivity contribution in [2.75, 3.05) is 42.4 Å². The van der Waals surface area contributed by atoms with Crippen molar-refractivity contribution in [3.05, 3.63) is 103 Å². The van der Waals surface area contributed by atoms with Gasteiger partial charge in [-0.15, -0.1) is 0 Å². The number of nitrogens with one attached hydrogen (secondary N) is 3. The minimum absolute atomic E-state index is 0.0923. The van der Waals surface area contributed by atoms with Gasteiger partial charge in [0.15, 0.2) is 0 Å². The fourth-order valence-corrected chi connectivity index (χ4v) is 3.61. The Kier molecular flexibility index (Phi) is 11.4. The lowest BCUT2D eigenvalue weighted by atomic mass is 10.3. The number of ether oxygens (including phenoxy) is 4. The van der Waals surface area contributed by atoms with Gasteiger partial charge in [0.1, 0.15) is 37.9 Å². The zero-order valence-electron chi connectivity index (χ0n) is 25.0. The highest BCUT2D eigenvalue weighted by molar-refractivity contribution is 5.87. The van der Waals surface area contributed by atoms with Crippen molar-refractivity contribution in [1.82, 2.24) is 15.0 Å². The Morgan fingerprint density at radius 1 is 0.578 bits per heavy atom. The smallest absolute Gasteiger partial charge is 0.333 e. The zero-order chi connectivity index (χ0) is 32.0. The molecule has 12 nitrogen and oxygen atoms in total. The zero-order valence-corrected chi connectivity index (χ0v) is 25.0. The normalized spacial score (nSPS) is 10.3. The van der Waals surface area contributed by atoms with Crippen LogP contribution < -0.4 is 25.4 Å². The molecule has 0 saturated heterocycles. The first-order valence-electron chi connectivity index (χ1n) is 14.0. The molecule has 0 spiro atoms. The molecule has 1 aromatic heterocycles. The molecular weight excluding hydrogens is 576 g/mol. The van der Waals surface area contributed by atoms with E-state index in [1.54, 1.807) is 38.1 Å². The first-order valence-corrected chi connectivity index (χ1v) is 14.0. The second-order valence-electron chi connectivity index (χ2n) is 9.63. The van der Waals surface area contributed by atoms with Gasteiger partial charge in [0, 0.05) is 40.3 Å². The third kappa shape index (κ3) is 10.7. The lowest BCUT2D eigenvalue weighted by Gasteiger charge is -2.13. The third-order valence-electron chi connectivity index (χ3n) is 5.71. The van der Waals surface area contributed by atoms with Crippen molar-refractivity contribution in [3.63, 3.8) is 0 Å². The summed E-state index contributed by atoms with van der Waals surface area (Å²) in [6, 6.07) is 23.9. The van der Waals surface area contributed by atoms with Crippen LogP contribution in [0.2, 0.25) is 0 Å². The van der Waals surface area contributed by atoms with Gasteiger partial charge < -0.3 is 34.9 Å². The molecule has 3 aromatic carbocycles. The van der Waals surface area contributed by atoms with Crippen LogP contribution in [0, 0.1) is 0 Å². The summed E-state index contributed by atoms with van der Waals surface area (Å²) in [7, 11) is 0. The van der Waals surface area contributed by atoms with Gasteiger partial charge in [-0.25, -0.2) is 9.59 Å². The third-order valence-corrected chi connectivity index (χ3v) is 5.71.